The molecule has 4 amide bonds. The quantitative estimate of drug-likeness (QED) is 0.690. The van der Waals surface area contributed by atoms with Crippen LogP contribution in [0.3, 0.4) is 0 Å². The van der Waals surface area contributed by atoms with Crippen LogP contribution in [-0.2, 0) is 9.53 Å². The molecular formula is C21H30N4O5. The third kappa shape index (κ3) is 5.02. The van der Waals surface area contributed by atoms with Gasteiger partial charge in [0.15, 0.2) is 0 Å². The summed E-state index contributed by atoms with van der Waals surface area (Å²) < 4.78 is 12.0. The molecular weight excluding hydrogens is 388 g/mol. The van der Waals surface area contributed by atoms with Crippen molar-refractivity contribution in [3.8, 4) is 5.75 Å². The molecule has 2 aliphatic heterocycles. The van der Waals surface area contributed by atoms with Crippen LogP contribution in [0.1, 0.15) is 43.5 Å². The van der Waals surface area contributed by atoms with Crippen molar-refractivity contribution in [2.45, 2.75) is 57.4 Å². The first-order valence-corrected chi connectivity index (χ1v) is 10.3. The molecule has 1 aromatic carbocycles. The van der Waals surface area contributed by atoms with Crippen molar-refractivity contribution in [2.75, 3.05) is 26.0 Å². The Labute approximate surface area is 176 Å². The maximum Gasteiger partial charge on any atom is 0.319 e. The highest BCUT2D eigenvalue weighted by molar-refractivity contribution is 5.99. The summed E-state index contributed by atoms with van der Waals surface area (Å²) in [6.45, 7) is 4.02. The van der Waals surface area contributed by atoms with Crippen molar-refractivity contribution in [2.24, 2.45) is 0 Å². The molecule has 1 saturated heterocycles. The number of nitrogens with zero attached hydrogens (tertiary/aromatic N) is 1. The maximum atomic E-state index is 13.2. The van der Waals surface area contributed by atoms with Gasteiger partial charge in [0.2, 0.25) is 5.91 Å². The Morgan fingerprint density at radius 3 is 2.73 bits per heavy atom. The fourth-order valence-corrected chi connectivity index (χ4v) is 3.84. The average molecular weight is 418 g/mol. The predicted molar refractivity (Wildman–Crippen MR) is 112 cm³/mol. The molecule has 0 spiro atoms. The lowest BCUT2D eigenvalue weighted by atomic mass is 9.94. The number of hydrogen-bond acceptors (Lipinski definition) is 5. The number of hydrogen-bond donors (Lipinski definition) is 3. The molecule has 3 N–H and O–H groups in total. The lowest BCUT2D eigenvalue weighted by molar-refractivity contribution is -0.133. The van der Waals surface area contributed by atoms with Gasteiger partial charge < -0.3 is 30.3 Å². The van der Waals surface area contributed by atoms with Crippen LogP contribution in [0.5, 0.6) is 5.75 Å². The Hall–Kier alpha value is -2.81. The van der Waals surface area contributed by atoms with Gasteiger partial charge in [0, 0.05) is 25.8 Å². The lowest BCUT2D eigenvalue weighted by Crippen LogP contribution is -2.53. The van der Waals surface area contributed by atoms with Crippen molar-refractivity contribution in [3.05, 3.63) is 23.8 Å². The van der Waals surface area contributed by atoms with Crippen LogP contribution in [0.2, 0.25) is 0 Å². The Kier molecular flexibility index (Phi) is 6.81. The van der Waals surface area contributed by atoms with Gasteiger partial charge in [0.25, 0.3) is 5.91 Å². The van der Waals surface area contributed by atoms with Gasteiger partial charge in [0.05, 0.1) is 24.1 Å². The molecule has 0 bridgehead atoms. The van der Waals surface area contributed by atoms with Gasteiger partial charge in [-0.05, 0) is 44.9 Å². The number of carbonyl (C=O) groups excluding carboxylic acids is 3. The van der Waals surface area contributed by atoms with Crippen LogP contribution in [0.15, 0.2) is 18.2 Å². The van der Waals surface area contributed by atoms with Gasteiger partial charge in [-0.25, -0.2) is 4.79 Å². The standard InChI is InChI=1S/C21H30N4O5/c1-12(2)23-21(28)24-13-5-8-17-15(9-13)20(27)25(4)16-7-6-14(10-19(26)22-3)30-18(16)11-29-17/h5,8-9,12,14,16,18H,6-7,10-11H2,1-4H3,(H,22,26)(H2,23,24,28)/t14-,16-,18-/m1/s1. The zero-order chi connectivity index (χ0) is 21.8. The van der Waals surface area contributed by atoms with Gasteiger partial charge in [0.1, 0.15) is 18.5 Å². The molecule has 2 heterocycles. The van der Waals surface area contributed by atoms with Crippen molar-refractivity contribution in [1.29, 1.82) is 0 Å². The molecule has 1 aromatic rings. The number of urea groups is 1. The first-order valence-electron chi connectivity index (χ1n) is 10.3. The third-order valence-electron chi connectivity index (χ3n) is 5.38. The second-order valence-electron chi connectivity index (χ2n) is 8.01. The highest BCUT2D eigenvalue weighted by Crippen LogP contribution is 2.32. The number of rotatable bonds is 4. The summed E-state index contributed by atoms with van der Waals surface area (Å²) in [6, 6.07) is 4.53. The fourth-order valence-electron chi connectivity index (χ4n) is 3.84. The minimum absolute atomic E-state index is 0.000834. The maximum absolute atomic E-state index is 13.2. The SMILES string of the molecule is CNC(=O)C[C@H]1CC[C@@H]2[C@@H](COc3ccc(NC(=O)NC(C)C)cc3C(=O)N2C)O1. The Morgan fingerprint density at radius 2 is 2.03 bits per heavy atom. The largest absolute Gasteiger partial charge is 0.490 e. The highest BCUT2D eigenvalue weighted by Gasteiger charge is 2.39. The summed E-state index contributed by atoms with van der Waals surface area (Å²) in [5.41, 5.74) is 0.908. The first kappa shape index (κ1) is 21.9. The van der Waals surface area contributed by atoms with Crippen LogP contribution in [0, 0.1) is 0 Å². The number of anilines is 1. The Bertz CT molecular complexity index is 813. The van der Waals surface area contributed by atoms with Gasteiger partial charge in [-0.15, -0.1) is 0 Å². The van der Waals surface area contributed by atoms with Crippen LogP contribution in [0.4, 0.5) is 10.5 Å². The van der Waals surface area contributed by atoms with E-state index in [1.54, 1.807) is 37.2 Å². The minimum Gasteiger partial charge on any atom is -0.490 e. The van der Waals surface area contributed by atoms with Crippen LogP contribution < -0.4 is 20.7 Å². The van der Waals surface area contributed by atoms with E-state index in [0.29, 0.717) is 29.8 Å². The van der Waals surface area contributed by atoms with E-state index in [0.717, 1.165) is 6.42 Å². The van der Waals surface area contributed by atoms with E-state index in [4.69, 9.17) is 9.47 Å². The number of ether oxygens (including phenoxy) is 2. The number of benzene rings is 1. The van der Waals surface area contributed by atoms with Gasteiger partial charge in [-0.3, -0.25) is 9.59 Å². The summed E-state index contributed by atoms with van der Waals surface area (Å²) in [7, 11) is 3.36. The number of likely N-dealkylation sites (N-methyl/N-ethyl adjacent to an activating group) is 1. The van der Waals surface area contributed by atoms with Gasteiger partial charge in [-0.1, -0.05) is 0 Å². The number of carbonyl (C=O) groups is 3. The molecule has 3 atom stereocenters. The Balaban J connectivity index is 1.76. The molecule has 1 fully saturated rings. The minimum atomic E-state index is -0.333. The highest BCUT2D eigenvalue weighted by atomic mass is 16.5. The topological polar surface area (TPSA) is 109 Å². The average Bonchev–Trinajstić information content (AvgIpc) is 2.70. The molecule has 9 nitrogen and oxygen atoms in total. The zero-order valence-corrected chi connectivity index (χ0v) is 17.9. The summed E-state index contributed by atoms with van der Waals surface area (Å²) >= 11 is 0. The summed E-state index contributed by atoms with van der Waals surface area (Å²) in [5, 5.41) is 8.11. The van der Waals surface area contributed by atoms with Crippen molar-refractivity contribution >= 4 is 23.5 Å². The monoisotopic (exact) mass is 418 g/mol. The van der Waals surface area contributed by atoms with Gasteiger partial charge in [-0.2, -0.15) is 0 Å². The molecule has 0 saturated carbocycles. The molecule has 164 valence electrons. The van der Waals surface area contributed by atoms with E-state index in [-0.39, 0.29) is 48.7 Å². The number of amides is 4. The lowest BCUT2D eigenvalue weighted by Gasteiger charge is -2.42. The second-order valence-corrected chi connectivity index (χ2v) is 8.01. The van der Waals surface area contributed by atoms with E-state index in [2.05, 4.69) is 16.0 Å². The summed E-state index contributed by atoms with van der Waals surface area (Å²) in [5.74, 6) is 0.180. The van der Waals surface area contributed by atoms with Gasteiger partial charge >= 0.3 is 6.03 Å². The zero-order valence-electron chi connectivity index (χ0n) is 17.9. The molecule has 3 rings (SSSR count). The molecule has 0 radical (unpaired) electrons. The van der Waals surface area contributed by atoms with Crippen molar-refractivity contribution < 1.29 is 23.9 Å². The second kappa shape index (κ2) is 9.34. The van der Waals surface area contributed by atoms with Crippen LogP contribution in [0.25, 0.3) is 0 Å². The van der Waals surface area contributed by atoms with E-state index < -0.39 is 0 Å². The Morgan fingerprint density at radius 1 is 1.27 bits per heavy atom. The molecule has 0 aromatic heterocycles. The molecule has 0 unspecified atom stereocenters. The smallest absolute Gasteiger partial charge is 0.319 e. The molecule has 0 aliphatic carbocycles. The predicted octanol–water partition coefficient (Wildman–Crippen LogP) is 1.73. The van der Waals surface area contributed by atoms with E-state index >= 15 is 0 Å². The number of fused-ring (bicyclic) bond motifs is 2. The molecule has 2 aliphatic rings. The summed E-state index contributed by atoms with van der Waals surface area (Å²) in [4.78, 5) is 38.5. The van der Waals surface area contributed by atoms with Crippen molar-refractivity contribution in [1.82, 2.24) is 15.5 Å². The van der Waals surface area contributed by atoms with E-state index in [1.807, 2.05) is 13.8 Å². The van der Waals surface area contributed by atoms with E-state index in [9.17, 15) is 14.4 Å². The fraction of sp³-hybridized carbons (Fsp3) is 0.571. The van der Waals surface area contributed by atoms with Crippen LogP contribution >= 0.6 is 0 Å². The van der Waals surface area contributed by atoms with Crippen molar-refractivity contribution in [3.63, 3.8) is 0 Å². The number of nitrogens with one attached hydrogen (secondary N) is 3. The normalized spacial score (nSPS) is 23.4. The third-order valence-corrected chi connectivity index (χ3v) is 5.38. The van der Waals surface area contributed by atoms with Crippen LogP contribution in [-0.4, -0.2) is 67.7 Å². The summed E-state index contributed by atoms with van der Waals surface area (Å²) in [6.07, 6.45) is 1.20. The first-order chi connectivity index (χ1) is 14.3. The molecule has 9 heteroatoms. The van der Waals surface area contributed by atoms with E-state index in [1.165, 1.54) is 0 Å². The molecule has 30 heavy (non-hydrogen) atoms.